The van der Waals surface area contributed by atoms with Crippen LogP contribution in [0, 0.1) is 12.7 Å². The van der Waals surface area contributed by atoms with Gasteiger partial charge in [-0.15, -0.1) is 4.72 Å². The second-order valence-electron chi connectivity index (χ2n) is 6.23. The molecule has 1 aromatic carbocycles. The number of rotatable bonds is 5. The highest BCUT2D eigenvalue weighted by molar-refractivity contribution is 7.90. The lowest BCUT2D eigenvalue weighted by atomic mass is 9.88. The summed E-state index contributed by atoms with van der Waals surface area (Å²) in [6.45, 7) is 8.90. The van der Waals surface area contributed by atoms with Gasteiger partial charge in [0, 0.05) is 23.5 Å². The van der Waals surface area contributed by atoms with Crippen LogP contribution in [0.2, 0.25) is 0 Å². The molecule has 0 saturated heterocycles. The number of aryl methyl sites for hydroxylation is 1. The van der Waals surface area contributed by atoms with Crippen molar-refractivity contribution in [2.75, 3.05) is 6.61 Å². The Morgan fingerprint density at radius 2 is 1.90 bits per heavy atom. The van der Waals surface area contributed by atoms with Crippen LogP contribution in [-0.4, -0.2) is 21.0 Å². The van der Waals surface area contributed by atoms with Crippen LogP contribution in [0.1, 0.15) is 45.2 Å². The molecular formula is C15H24FNO2S. The normalized spacial score (nSPS) is 16.8. The number of aliphatic hydroxyl groups is 1. The zero-order valence-corrected chi connectivity index (χ0v) is 13.6. The van der Waals surface area contributed by atoms with Gasteiger partial charge in [-0.3, -0.25) is 0 Å². The zero-order valence-electron chi connectivity index (χ0n) is 12.8. The summed E-state index contributed by atoms with van der Waals surface area (Å²) in [6.07, 6.45) is 0.287. The van der Waals surface area contributed by atoms with Crippen LogP contribution < -0.4 is 4.72 Å². The monoisotopic (exact) mass is 301 g/mol. The third-order valence-electron chi connectivity index (χ3n) is 3.27. The number of aliphatic hydroxyl groups excluding tert-OH is 1. The van der Waals surface area contributed by atoms with Crippen LogP contribution in [-0.2, 0) is 16.9 Å². The minimum atomic E-state index is -1.35. The fourth-order valence-corrected chi connectivity index (χ4v) is 2.82. The maximum Gasteiger partial charge on any atom is 0.136 e. The number of nitrogens with one attached hydrogen (secondary N) is 1. The van der Waals surface area contributed by atoms with Gasteiger partial charge in [-0.2, -0.15) is 0 Å². The molecular weight excluding hydrogens is 277 g/mol. The quantitative estimate of drug-likeness (QED) is 0.822. The molecule has 2 atom stereocenters. The van der Waals surface area contributed by atoms with Crippen molar-refractivity contribution in [1.29, 1.82) is 0 Å². The van der Waals surface area contributed by atoms with Crippen molar-refractivity contribution in [3.05, 3.63) is 35.1 Å². The SMILES string of the molecule is Cc1cccc(C(C)(CCO)N[S+]([O-])C(C)(C)C)c1F. The maximum absolute atomic E-state index is 14.3. The molecule has 1 aromatic rings. The summed E-state index contributed by atoms with van der Waals surface area (Å²) >= 11 is -1.35. The van der Waals surface area contributed by atoms with Crippen LogP contribution in [0.15, 0.2) is 18.2 Å². The lowest BCUT2D eigenvalue weighted by Gasteiger charge is -2.35. The lowest BCUT2D eigenvalue weighted by Crippen LogP contribution is -2.50. The summed E-state index contributed by atoms with van der Waals surface area (Å²) in [5.74, 6) is -0.318. The minimum Gasteiger partial charge on any atom is -0.598 e. The topological polar surface area (TPSA) is 55.3 Å². The molecule has 0 saturated carbocycles. The first-order chi connectivity index (χ1) is 9.12. The van der Waals surface area contributed by atoms with Crippen molar-refractivity contribution in [2.24, 2.45) is 0 Å². The van der Waals surface area contributed by atoms with Gasteiger partial charge in [0.15, 0.2) is 0 Å². The van der Waals surface area contributed by atoms with Gasteiger partial charge in [0.2, 0.25) is 0 Å². The Bertz CT molecular complexity index is 462. The summed E-state index contributed by atoms with van der Waals surface area (Å²) in [5, 5.41) is 9.28. The summed E-state index contributed by atoms with van der Waals surface area (Å²) < 4.78 is 29.2. The van der Waals surface area contributed by atoms with E-state index >= 15 is 0 Å². The largest absolute Gasteiger partial charge is 0.598 e. The second-order valence-corrected chi connectivity index (χ2v) is 8.19. The van der Waals surface area contributed by atoms with Crippen LogP contribution in [0.5, 0.6) is 0 Å². The molecule has 0 fully saturated rings. The van der Waals surface area contributed by atoms with E-state index in [0.717, 1.165) is 0 Å². The van der Waals surface area contributed by atoms with Crippen molar-refractivity contribution in [1.82, 2.24) is 4.72 Å². The number of halogens is 1. The van der Waals surface area contributed by atoms with Gasteiger partial charge < -0.3 is 9.66 Å². The first-order valence-electron chi connectivity index (χ1n) is 6.68. The molecule has 0 aromatic heterocycles. The maximum atomic E-state index is 14.3. The first-order valence-corrected chi connectivity index (χ1v) is 7.83. The lowest BCUT2D eigenvalue weighted by molar-refractivity contribution is 0.234. The van der Waals surface area contributed by atoms with Gasteiger partial charge in [0.1, 0.15) is 10.6 Å². The highest BCUT2D eigenvalue weighted by Gasteiger charge is 2.38. The van der Waals surface area contributed by atoms with E-state index in [1.807, 2.05) is 20.8 Å². The molecule has 0 aliphatic rings. The molecule has 114 valence electrons. The van der Waals surface area contributed by atoms with Crippen molar-refractivity contribution in [2.45, 2.75) is 51.3 Å². The van der Waals surface area contributed by atoms with Crippen LogP contribution >= 0.6 is 0 Å². The van der Waals surface area contributed by atoms with Crippen LogP contribution in [0.3, 0.4) is 0 Å². The molecule has 5 heteroatoms. The molecule has 0 bridgehead atoms. The minimum absolute atomic E-state index is 0.113. The van der Waals surface area contributed by atoms with E-state index in [1.54, 1.807) is 32.0 Å². The second kappa shape index (κ2) is 6.43. The standard InChI is InChI=1S/C15H24FNO2S/c1-11-7-6-8-12(13(11)16)15(5,9-10-18)17-20(19)14(2,3)4/h6-8,17-18H,9-10H2,1-5H3. The number of benzene rings is 1. The average molecular weight is 301 g/mol. The molecule has 1 rings (SSSR count). The van der Waals surface area contributed by atoms with Gasteiger partial charge >= 0.3 is 0 Å². The van der Waals surface area contributed by atoms with E-state index in [9.17, 15) is 14.0 Å². The van der Waals surface area contributed by atoms with Crippen molar-refractivity contribution in [3.63, 3.8) is 0 Å². The van der Waals surface area contributed by atoms with Crippen molar-refractivity contribution >= 4 is 11.4 Å². The zero-order chi connectivity index (χ0) is 15.6. The van der Waals surface area contributed by atoms with Gasteiger partial charge in [-0.1, -0.05) is 18.2 Å². The molecule has 0 spiro atoms. The first kappa shape index (κ1) is 17.4. The van der Waals surface area contributed by atoms with E-state index in [2.05, 4.69) is 4.72 Å². The summed E-state index contributed by atoms with van der Waals surface area (Å²) in [4.78, 5) is 0. The molecule has 2 N–H and O–H groups in total. The van der Waals surface area contributed by atoms with Crippen LogP contribution in [0.25, 0.3) is 0 Å². The van der Waals surface area contributed by atoms with Crippen LogP contribution in [0.4, 0.5) is 4.39 Å². The van der Waals surface area contributed by atoms with Crippen molar-refractivity contribution in [3.8, 4) is 0 Å². The van der Waals surface area contributed by atoms with E-state index in [4.69, 9.17) is 0 Å². The third-order valence-corrected chi connectivity index (χ3v) is 5.02. The predicted molar refractivity (Wildman–Crippen MR) is 81.2 cm³/mol. The molecule has 0 aliphatic heterocycles. The summed E-state index contributed by atoms with van der Waals surface area (Å²) in [6, 6.07) is 5.13. The van der Waals surface area contributed by atoms with Gasteiger partial charge in [-0.25, -0.2) is 4.39 Å². The Kier molecular flexibility index (Phi) is 5.61. The molecule has 0 aliphatic carbocycles. The smallest absolute Gasteiger partial charge is 0.136 e. The summed E-state index contributed by atoms with van der Waals surface area (Å²) in [7, 11) is 0. The van der Waals surface area contributed by atoms with E-state index in [-0.39, 0.29) is 18.8 Å². The average Bonchev–Trinajstić information content (AvgIpc) is 2.31. The van der Waals surface area contributed by atoms with Crippen molar-refractivity contribution < 1.29 is 14.0 Å². The Balaban J connectivity index is 3.18. The van der Waals surface area contributed by atoms with Gasteiger partial charge in [-0.05, 0) is 46.6 Å². The Morgan fingerprint density at radius 1 is 1.30 bits per heavy atom. The Labute approximate surface area is 123 Å². The summed E-state index contributed by atoms with van der Waals surface area (Å²) in [5.41, 5.74) is 0.0994. The number of hydrogen-bond acceptors (Lipinski definition) is 3. The predicted octanol–water partition coefficient (Wildman–Crippen LogP) is 2.78. The molecule has 0 radical (unpaired) electrons. The van der Waals surface area contributed by atoms with E-state index in [1.165, 1.54) is 0 Å². The molecule has 0 amide bonds. The molecule has 20 heavy (non-hydrogen) atoms. The molecule has 3 nitrogen and oxygen atoms in total. The van der Waals surface area contributed by atoms with Gasteiger partial charge in [0.25, 0.3) is 0 Å². The molecule has 0 heterocycles. The molecule has 2 unspecified atom stereocenters. The number of hydrogen-bond donors (Lipinski definition) is 2. The highest BCUT2D eigenvalue weighted by Crippen LogP contribution is 2.31. The Morgan fingerprint density at radius 3 is 2.40 bits per heavy atom. The van der Waals surface area contributed by atoms with Gasteiger partial charge in [0.05, 0.1) is 5.54 Å². The Hall–Kier alpha value is -0.620. The van der Waals surface area contributed by atoms with E-state index in [0.29, 0.717) is 11.1 Å². The fraction of sp³-hybridized carbons (Fsp3) is 0.600. The highest BCUT2D eigenvalue weighted by atomic mass is 32.2. The third kappa shape index (κ3) is 3.95. The van der Waals surface area contributed by atoms with E-state index < -0.39 is 21.6 Å². The fourth-order valence-electron chi connectivity index (χ4n) is 1.90.